The van der Waals surface area contributed by atoms with Crippen molar-refractivity contribution in [1.82, 2.24) is 14.8 Å². The summed E-state index contributed by atoms with van der Waals surface area (Å²) in [5, 5.41) is 2.10. The minimum atomic E-state index is -0.540. The quantitative estimate of drug-likeness (QED) is 0.604. The summed E-state index contributed by atoms with van der Waals surface area (Å²) in [5.74, 6) is -0.0416. The molecule has 5 rings (SSSR count). The van der Waals surface area contributed by atoms with E-state index >= 15 is 0 Å². The van der Waals surface area contributed by atoms with E-state index in [-0.39, 0.29) is 18.4 Å². The molecule has 2 aliphatic heterocycles. The van der Waals surface area contributed by atoms with Crippen LogP contribution in [0.5, 0.6) is 0 Å². The van der Waals surface area contributed by atoms with Crippen LogP contribution in [0.3, 0.4) is 0 Å². The summed E-state index contributed by atoms with van der Waals surface area (Å²) in [6, 6.07) is 12.4. The largest absolute Gasteiger partial charge is 0.356 e. The number of nitrogens with zero attached hydrogens (tertiary/aromatic N) is 2. The standard InChI is InChI=1S/C24H23Cl2N3O2/c1-2-3-10-28-13-21(30)29-20(24(28)31)12-17-15-6-4-5-7-19(15)27-22(17)23(29)16-9-8-14(25)11-18(16)26/h4-9,11,20,23,27H,2-3,10,12-13H2,1H3/t20-,23-/m1/s1. The van der Waals surface area contributed by atoms with Gasteiger partial charge >= 0.3 is 0 Å². The van der Waals surface area contributed by atoms with Crippen molar-refractivity contribution in [3.05, 3.63) is 69.3 Å². The fourth-order valence-electron chi connectivity index (χ4n) is 4.91. The minimum absolute atomic E-state index is 0.0130. The average Bonchev–Trinajstić information content (AvgIpc) is 3.13. The lowest BCUT2D eigenvalue weighted by atomic mass is 9.86. The number of carbonyl (C=O) groups excluding carboxylic acids is 2. The first-order valence-electron chi connectivity index (χ1n) is 10.6. The lowest BCUT2D eigenvalue weighted by Crippen LogP contribution is -2.63. The molecule has 0 spiro atoms. The number of para-hydroxylation sites is 1. The van der Waals surface area contributed by atoms with Crippen LogP contribution in [0, 0.1) is 0 Å². The van der Waals surface area contributed by atoms with Crippen LogP contribution in [0.25, 0.3) is 10.9 Å². The van der Waals surface area contributed by atoms with Gasteiger partial charge in [-0.15, -0.1) is 0 Å². The summed E-state index contributed by atoms with van der Waals surface area (Å²) in [6.07, 6.45) is 2.35. The van der Waals surface area contributed by atoms with Crippen molar-refractivity contribution in [1.29, 1.82) is 0 Å². The number of piperazine rings is 1. The molecule has 2 aliphatic rings. The zero-order chi connectivity index (χ0) is 21.7. The van der Waals surface area contributed by atoms with Gasteiger partial charge in [0.15, 0.2) is 0 Å². The highest BCUT2D eigenvalue weighted by molar-refractivity contribution is 6.35. The number of aromatic nitrogens is 1. The molecule has 0 unspecified atom stereocenters. The van der Waals surface area contributed by atoms with E-state index < -0.39 is 12.1 Å². The smallest absolute Gasteiger partial charge is 0.246 e. The first-order valence-corrected chi connectivity index (χ1v) is 11.4. The zero-order valence-corrected chi connectivity index (χ0v) is 18.7. The Kier molecular flexibility index (Phi) is 5.19. The fourth-order valence-corrected chi connectivity index (χ4v) is 5.42. The van der Waals surface area contributed by atoms with Crippen molar-refractivity contribution in [2.45, 2.75) is 38.3 Å². The van der Waals surface area contributed by atoms with Crippen LogP contribution in [0.15, 0.2) is 42.5 Å². The number of amides is 2. The molecule has 1 fully saturated rings. The number of hydrogen-bond donors (Lipinski definition) is 1. The molecule has 0 saturated carbocycles. The van der Waals surface area contributed by atoms with E-state index in [4.69, 9.17) is 23.2 Å². The number of unbranched alkanes of at least 4 members (excludes halogenated alkanes) is 1. The lowest BCUT2D eigenvalue weighted by Gasteiger charge is -2.47. The Bertz CT molecular complexity index is 1190. The predicted octanol–water partition coefficient (Wildman–Crippen LogP) is 4.96. The van der Waals surface area contributed by atoms with Gasteiger partial charge in [0.2, 0.25) is 11.8 Å². The Hall–Kier alpha value is -2.50. The maximum absolute atomic E-state index is 13.5. The Balaban J connectivity index is 1.69. The minimum Gasteiger partial charge on any atom is -0.356 e. The third-order valence-corrected chi connectivity index (χ3v) is 6.94. The molecule has 1 saturated heterocycles. The second kappa shape index (κ2) is 7.88. The number of aromatic amines is 1. The zero-order valence-electron chi connectivity index (χ0n) is 17.2. The Labute approximate surface area is 190 Å². The molecule has 2 amide bonds. The molecule has 3 aromatic rings. The molecule has 2 atom stereocenters. The molecule has 3 heterocycles. The van der Waals surface area contributed by atoms with E-state index in [9.17, 15) is 9.59 Å². The van der Waals surface area contributed by atoms with E-state index in [2.05, 4.69) is 18.0 Å². The monoisotopic (exact) mass is 455 g/mol. The van der Waals surface area contributed by atoms with Gasteiger partial charge in [-0.25, -0.2) is 0 Å². The SMILES string of the molecule is CCCCN1CC(=O)N2[C@H](c3ccc(Cl)cc3Cl)c3[nH]c4ccccc4c3C[C@@H]2C1=O. The van der Waals surface area contributed by atoms with Gasteiger partial charge in [0.25, 0.3) is 0 Å². The summed E-state index contributed by atoms with van der Waals surface area (Å²) in [4.78, 5) is 33.8. The van der Waals surface area contributed by atoms with Gasteiger partial charge in [-0.05, 0) is 35.7 Å². The Morgan fingerprint density at radius 3 is 2.71 bits per heavy atom. The first kappa shape index (κ1) is 20.4. The molecule has 160 valence electrons. The van der Waals surface area contributed by atoms with E-state index in [1.807, 2.05) is 24.3 Å². The number of halogens is 2. The second-order valence-corrected chi connectivity index (χ2v) is 9.11. The lowest BCUT2D eigenvalue weighted by molar-refractivity contribution is -0.158. The molecule has 5 nitrogen and oxygen atoms in total. The topological polar surface area (TPSA) is 56.4 Å². The molecule has 0 bridgehead atoms. The van der Waals surface area contributed by atoms with Crippen LogP contribution in [0.4, 0.5) is 0 Å². The molecule has 0 aliphatic carbocycles. The third kappa shape index (κ3) is 3.31. The summed E-state index contributed by atoms with van der Waals surface area (Å²) in [6.45, 7) is 2.80. The van der Waals surface area contributed by atoms with Crippen molar-refractivity contribution >= 4 is 45.9 Å². The molecule has 1 N–H and O–H groups in total. The van der Waals surface area contributed by atoms with E-state index in [1.165, 1.54) is 0 Å². The van der Waals surface area contributed by atoms with Crippen molar-refractivity contribution in [2.75, 3.05) is 13.1 Å². The highest BCUT2D eigenvalue weighted by Crippen LogP contribution is 2.44. The van der Waals surface area contributed by atoms with Gasteiger partial charge in [0.1, 0.15) is 6.04 Å². The summed E-state index contributed by atoms with van der Waals surface area (Å²) in [7, 11) is 0. The Morgan fingerprint density at radius 2 is 1.94 bits per heavy atom. The summed E-state index contributed by atoms with van der Waals surface area (Å²) >= 11 is 12.8. The number of nitrogens with one attached hydrogen (secondary N) is 1. The average molecular weight is 456 g/mol. The van der Waals surface area contributed by atoms with Crippen LogP contribution in [-0.4, -0.2) is 45.7 Å². The van der Waals surface area contributed by atoms with E-state index in [0.717, 1.165) is 40.6 Å². The van der Waals surface area contributed by atoms with Gasteiger partial charge in [0.05, 0.1) is 12.6 Å². The number of benzene rings is 2. The molecular weight excluding hydrogens is 433 g/mol. The Morgan fingerprint density at radius 1 is 1.13 bits per heavy atom. The normalized spacial score (nSPS) is 20.9. The predicted molar refractivity (Wildman–Crippen MR) is 122 cm³/mol. The summed E-state index contributed by atoms with van der Waals surface area (Å²) in [5.41, 5.74) is 3.76. The summed E-state index contributed by atoms with van der Waals surface area (Å²) < 4.78 is 0. The van der Waals surface area contributed by atoms with Crippen LogP contribution in [0.2, 0.25) is 10.0 Å². The number of carbonyl (C=O) groups is 2. The number of rotatable bonds is 4. The van der Waals surface area contributed by atoms with Gasteiger partial charge < -0.3 is 14.8 Å². The van der Waals surface area contributed by atoms with Crippen LogP contribution in [-0.2, 0) is 16.0 Å². The maximum atomic E-state index is 13.5. The van der Waals surface area contributed by atoms with Crippen LogP contribution >= 0.6 is 23.2 Å². The molecule has 7 heteroatoms. The van der Waals surface area contributed by atoms with Crippen LogP contribution < -0.4 is 0 Å². The van der Waals surface area contributed by atoms with Crippen molar-refractivity contribution < 1.29 is 9.59 Å². The fraction of sp³-hybridized carbons (Fsp3) is 0.333. The van der Waals surface area contributed by atoms with Crippen molar-refractivity contribution in [3.8, 4) is 0 Å². The van der Waals surface area contributed by atoms with Crippen molar-refractivity contribution in [3.63, 3.8) is 0 Å². The van der Waals surface area contributed by atoms with Crippen molar-refractivity contribution in [2.24, 2.45) is 0 Å². The number of hydrogen-bond acceptors (Lipinski definition) is 2. The van der Waals surface area contributed by atoms with E-state index in [1.54, 1.807) is 21.9 Å². The molecular formula is C24H23Cl2N3O2. The molecule has 31 heavy (non-hydrogen) atoms. The molecule has 0 radical (unpaired) electrons. The van der Waals surface area contributed by atoms with Gasteiger partial charge in [-0.2, -0.15) is 0 Å². The second-order valence-electron chi connectivity index (χ2n) is 8.27. The highest BCUT2D eigenvalue weighted by Gasteiger charge is 2.48. The van der Waals surface area contributed by atoms with Gasteiger partial charge in [0, 0.05) is 39.6 Å². The molecule has 1 aromatic heterocycles. The van der Waals surface area contributed by atoms with Gasteiger partial charge in [-0.3, -0.25) is 9.59 Å². The maximum Gasteiger partial charge on any atom is 0.246 e. The van der Waals surface area contributed by atoms with Crippen LogP contribution in [0.1, 0.15) is 42.6 Å². The van der Waals surface area contributed by atoms with E-state index in [0.29, 0.717) is 23.0 Å². The third-order valence-electron chi connectivity index (χ3n) is 6.38. The first-order chi connectivity index (χ1) is 15.0. The molecule has 2 aromatic carbocycles. The van der Waals surface area contributed by atoms with Gasteiger partial charge in [-0.1, -0.05) is 60.8 Å². The highest BCUT2D eigenvalue weighted by atomic mass is 35.5. The number of fused-ring (bicyclic) bond motifs is 4. The number of H-pyrrole nitrogens is 1.